The van der Waals surface area contributed by atoms with Gasteiger partial charge in [0.1, 0.15) is 24.2 Å². The number of carbonyl (C=O) groups is 2. The molecule has 1 amide bonds. The number of aldehydes is 1. The molecule has 0 aliphatic carbocycles. The number of aromatic nitrogens is 2. The Hall–Kier alpha value is -2.71. The Balaban J connectivity index is 1.68. The zero-order valence-corrected chi connectivity index (χ0v) is 16.8. The minimum atomic E-state index is -1.34. The van der Waals surface area contributed by atoms with E-state index in [9.17, 15) is 9.59 Å². The van der Waals surface area contributed by atoms with Crippen molar-refractivity contribution < 1.29 is 18.7 Å². The first kappa shape index (κ1) is 19.6. The molecule has 0 spiro atoms. The number of thiophene rings is 1. The van der Waals surface area contributed by atoms with Crippen molar-refractivity contribution in [2.75, 3.05) is 5.32 Å². The van der Waals surface area contributed by atoms with Crippen LogP contribution in [0.5, 0.6) is 0 Å². The summed E-state index contributed by atoms with van der Waals surface area (Å²) in [5.41, 5.74) is 0.451. The molecule has 0 radical (unpaired) electrons. The van der Waals surface area contributed by atoms with Crippen molar-refractivity contribution in [2.24, 2.45) is 5.92 Å². The van der Waals surface area contributed by atoms with Crippen LogP contribution in [0.4, 0.5) is 10.2 Å². The van der Waals surface area contributed by atoms with Gasteiger partial charge in [0.05, 0.1) is 10.2 Å². The number of carbonyl (C=O) groups excluding carboxylic acids is 2. The van der Waals surface area contributed by atoms with Gasteiger partial charge in [-0.05, 0) is 23.9 Å². The van der Waals surface area contributed by atoms with Gasteiger partial charge in [-0.15, -0.1) is 11.3 Å². The van der Waals surface area contributed by atoms with Crippen LogP contribution < -0.4 is 5.32 Å². The van der Waals surface area contributed by atoms with Crippen molar-refractivity contribution in [3.8, 4) is 0 Å². The fraction of sp³-hybridized carbons (Fsp3) is 0.333. The summed E-state index contributed by atoms with van der Waals surface area (Å²) < 4.78 is 21.6. The number of ether oxygens (including phenoxy) is 1. The highest BCUT2D eigenvalue weighted by atomic mass is 32.1. The molecule has 2 aromatic heterocycles. The Morgan fingerprint density at radius 2 is 2.10 bits per heavy atom. The van der Waals surface area contributed by atoms with E-state index < -0.39 is 23.8 Å². The summed E-state index contributed by atoms with van der Waals surface area (Å²) in [6.07, 6.45) is 0.202. The van der Waals surface area contributed by atoms with Crippen LogP contribution in [0.15, 0.2) is 42.0 Å². The zero-order chi connectivity index (χ0) is 20.6. The van der Waals surface area contributed by atoms with Crippen LogP contribution in [0, 0.1) is 5.92 Å². The predicted molar refractivity (Wildman–Crippen MR) is 109 cm³/mol. The van der Waals surface area contributed by atoms with Gasteiger partial charge >= 0.3 is 0 Å². The lowest BCUT2D eigenvalue weighted by Crippen LogP contribution is -2.36. The molecule has 3 heterocycles. The van der Waals surface area contributed by atoms with Gasteiger partial charge in [-0.3, -0.25) is 4.79 Å². The summed E-state index contributed by atoms with van der Waals surface area (Å²) >= 11 is 1.31. The topological polar surface area (TPSA) is 81.2 Å². The summed E-state index contributed by atoms with van der Waals surface area (Å²) in [4.78, 5) is 32.6. The largest absolute Gasteiger partial charge is 0.356 e. The summed E-state index contributed by atoms with van der Waals surface area (Å²) in [7, 11) is 0. The second-order valence-electron chi connectivity index (χ2n) is 7.11. The Morgan fingerprint density at radius 3 is 2.76 bits per heavy atom. The van der Waals surface area contributed by atoms with Gasteiger partial charge in [0, 0.05) is 17.0 Å². The minimum absolute atomic E-state index is 0.291. The summed E-state index contributed by atoms with van der Waals surface area (Å²) in [6, 6.07) is 8.80. The van der Waals surface area contributed by atoms with E-state index in [0.717, 1.165) is 0 Å². The lowest BCUT2D eigenvalue weighted by Gasteiger charge is -2.24. The molecule has 3 aromatic rings. The normalized spacial score (nSPS) is 26.5. The van der Waals surface area contributed by atoms with Crippen LogP contribution >= 0.6 is 11.3 Å². The number of fused-ring (bicyclic) bond motifs is 1. The molecule has 1 fully saturated rings. The number of nitrogens with one attached hydrogen (secondary N) is 1. The molecule has 1 N–H and O–H groups in total. The predicted octanol–water partition coefficient (Wildman–Crippen LogP) is 4.34. The van der Waals surface area contributed by atoms with Crippen LogP contribution in [0.25, 0.3) is 10.2 Å². The molecule has 150 valence electrons. The zero-order valence-electron chi connectivity index (χ0n) is 16.0. The molecule has 29 heavy (non-hydrogen) atoms. The van der Waals surface area contributed by atoms with Crippen LogP contribution in [0.1, 0.15) is 42.3 Å². The van der Waals surface area contributed by atoms with Crippen molar-refractivity contribution in [3.63, 3.8) is 0 Å². The number of anilines is 1. The number of nitrogens with zero attached hydrogens (tertiary/aromatic N) is 2. The second kappa shape index (κ2) is 7.61. The van der Waals surface area contributed by atoms with Crippen molar-refractivity contribution in [1.29, 1.82) is 0 Å². The third-order valence-electron chi connectivity index (χ3n) is 5.59. The third kappa shape index (κ3) is 3.22. The van der Waals surface area contributed by atoms with Gasteiger partial charge in [-0.1, -0.05) is 32.0 Å². The highest BCUT2D eigenvalue weighted by Crippen LogP contribution is 2.48. The van der Waals surface area contributed by atoms with Crippen LogP contribution in [0.3, 0.4) is 0 Å². The maximum Gasteiger partial charge on any atom is 0.256 e. The standard InChI is InChI=1S/C21H20FN3O3S/c1-3-21(10-26)12(2)15(22)17(28-21)14-9-29-18-16(14)23-11-24-19(18)25-20(27)13-7-5-4-6-8-13/h4-12,15,17H,3H2,1-2H3,(H,23,24,25,27)/t12-,15+,17-,21-/m0/s1. The average Bonchev–Trinajstić information content (AvgIpc) is 3.29. The van der Waals surface area contributed by atoms with Gasteiger partial charge in [-0.25, -0.2) is 14.4 Å². The summed E-state index contributed by atoms with van der Waals surface area (Å²) in [6.45, 7) is 3.50. The molecule has 0 bridgehead atoms. The number of hydrogen-bond acceptors (Lipinski definition) is 6. The first-order valence-electron chi connectivity index (χ1n) is 9.37. The number of alkyl halides is 1. The van der Waals surface area contributed by atoms with Gasteiger partial charge in [-0.2, -0.15) is 0 Å². The number of hydrogen-bond donors (Lipinski definition) is 1. The van der Waals surface area contributed by atoms with Crippen LogP contribution in [-0.2, 0) is 9.53 Å². The number of benzene rings is 1. The van der Waals surface area contributed by atoms with Crippen LogP contribution in [-0.4, -0.2) is 33.9 Å². The molecular formula is C21H20FN3O3S. The monoisotopic (exact) mass is 413 g/mol. The highest BCUT2D eigenvalue weighted by Gasteiger charge is 2.53. The third-order valence-corrected chi connectivity index (χ3v) is 6.59. The van der Waals surface area contributed by atoms with E-state index in [4.69, 9.17) is 4.74 Å². The summed E-state index contributed by atoms with van der Waals surface area (Å²) in [5.74, 6) is -0.497. The SMILES string of the molecule is CC[C@@]1(C=O)O[C@@H](c2csc3c(NC(=O)c4ccccc4)ncnc23)[C@H](F)[C@@H]1C. The fourth-order valence-electron chi connectivity index (χ4n) is 3.73. The lowest BCUT2D eigenvalue weighted by atomic mass is 9.85. The quantitative estimate of drug-likeness (QED) is 0.630. The molecule has 0 unspecified atom stereocenters. The van der Waals surface area contributed by atoms with Gasteiger partial charge in [0.2, 0.25) is 0 Å². The Kier molecular flexibility index (Phi) is 5.14. The highest BCUT2D eigenvalue weighted by molar-refractivity contribution is 7.18. The van der Waals surface area contributed by atoms with E-state index in [2.05, 4.69) is 15.3 Å². The van der Waals surface area contributed by atoms with E-state index >= 15 is 4.39 Å². The molecule has 1 aliphatic heterocycles. The molecule has 4 rings (SSSR count). The van der Waals surface area contributed by atoms with Crippen molar-refractivity contribution in [2.45, 2.75) is 38.1 Å². The molecule has 6 nitrogen and oxygen atoms in total. The van der Waals surface area contributed by atoms with Gasteiger partial charge in [0.25, 0.3) is 5.91 Å². The van der Waals surface area contributed by atoms with Crippen molar-refractivity contribution in [1.82, 2.24) is 9.97 Å². The van der Waals surface area contributed by atoms with Gasteiger partial charge in [0.15, 0.2) is 12.1 Å². The molecule has 0 saturated carbocycles. The molecule has 1 aliphatic rings. The Morgan fingerprint density at radius 1 is 1.34 bits per heavy atom. The van der Waals surface area contributed by atoms with Crippen LogP contribution in [0.2, 0.25) is 0 Å². The lowest BCUT2D eigenvalue weighted by molar-refractivity contribution is -0.133. The first-order valence-corrected chi connectivity index (χ1v) is 10.3. The first-order chi connectivity index (χ1) is 14.0. The van der Waals surface area contributed by atoms with E-state index in [1.54, 1.807) is 36.6 Å². The Labute approximate surface area is 171 Å². The fourth-order valence-corrected chi connectivity index (χ4v) is 4.72. The van der Waals surface area contributed by atoms with Crippen molar-refractivity contribution in [3.05, 3.63) is 53.2 Å². The maximum atomic E-state index is 15.1. The number of halogens is 1. The maximum absolute atomic E-state index is 15.1. The molecule has 1 aromatic carbocycles. The minimum Gasteiger partial charge on any atom is -0.356 e. The number of amides is 1. The van der Waals surface area contributed by atoms with Crippen molar-refractivity contribution >= 4 is 39.6 Å². The summed E-state index contributed by atoms with van der Waals surface area (Å²) in [5, 5.41) is 4.56. The van der Waals surface area contributed by atoms with Gasteiger partial charge < -0.3 is 14.8 Å². The van der Waals surface area contributed by atoms with E-state index in [1.807, 2.05) is 13.0 Å². The smallest absolute Gasteiger partial charge is 0.256 e. The van der Waals surface area contributed by atoms with E-state index in [0.29, 0.717) is 39.9 Å². The Bertz CT molecular complexity index is 1060. The molecular weight excluding hydrogens is 393 g/mol. The molecule has 1 saturated heterocycles. The molecule has 4 atom stereocenters. The molecule has 8 heteroatoms. The van der Waals surface area contributed by atoms with E-state index in [1.165, 1.54) is 17.7 Å². The second-order valence-corrected chi connectivity index (χ2v) is 7.99. The number of rotatable bonds is 5. The van der Waals surface area contributed by atoms with E-state index in [-0.39, 0.29) is 5.91 Å². The average molecular weight is 413 g/mol.